The molecule has 0 aliphatic rings. The summed E-state index contributed by atoms with van der Waals surface area (Å²) in [6, 6.07) is 4.20. The topological polar surface area (TPSA) is 74.4 Å². The molecule has 130 valence electrons. The van der Waals surface area contributed by atoms with Crippen molar-refractivity contribution in [1.82, 2.24) is 4.98 Å². The SMILES string of the molecule is C#CCOCC(=O)c1nc(-c2ccc(Cl)c(OC)c2F)cc(N)c1Cl. The fraction of sp³-hybridized carbons (Fsp3) is 0.176. The van der Waals surface area contributed by atoms with E-state index in [2.05, 4.69) is 10.9 Å². The second kappa shape index (κ2) is 8.17. The van der Waals surface area contributed by atoms with E-state index >= 15 is 0 Å². The van der Waals surface area contributed by atoms with Gasteiger partial charge in [-0.1, -0.05) is 29.1 Å². The number of aromatic nitrogens is 1. The fourth-order valence-corrected chi connectivity index (χ4v) is 2.49. The lowest BCUT2D eigenvalue weighted by molar-refractivity contribution is 0.0808. The number of hydrogen-bond donors (Lipinski definition) is 1. The first kappa shape index (κ1) is 19.0. The van der Waals surface area contributed by atoms with Gasteiger partial charge in [0.1, 0.15) is 18.9 Å². The fourth-order valence-electron chi connectivity index (χ4n) is 2.06. The molecule has 0 aliphatic heterocycles. The van der Waals surface area contributed by atoms with Crippen molar-refractivity contribution in [2.75, 3.05) is 26.1 Å². The van der Waals surface area contributed by atoms with Crippen molar-refractivity contribution in [2.45, 2.75) is 0 Å². The number of ketones is 1. The Morgan fingerprint density at radius 2 is 2.16 bits per heavy atom. The van der Waals surface area contributed by atoms with Crippen LogP contribution in [0.2, 0.25) is 10.0 Å². The van der Waals surface area contributed by atoms with E-state index in [1.54, 1.807) is 0 Å². The van der Waals surface area contributed by atoms with Gasteiger partial charge in [0.2, 0.25) is 5.78 Å². The number of halogens is 3. The normalized spacial score (nSPS) is 10.4. The molecule has 8 heteroatoms. The molecule has 0 atom stereocenters. The monoisotopic (exact) mass is 382 g/mol. The first-order chi connectivity index (χ1) is 11.9. The number of Topliss-reactive ketones (excluding diaryl/α,β-unsaturated/α-hetero) is 1. The maximum Gasteiger partial charge on any atom is 0.208 e. The van der Waals surface area contributed by atoms with Crippen LogP contribution in [0.5, 0.6) is 5.75 Å². The number of nitrogens with zero attached hydrogens (tertiary/aromatic N) is 1. The van der Waals surface area contributed by atoms with Crippen LogP contribution in [-0.2, 0) is 4.74 Å². The van der Waals surface area contributed by atoms with E-state index in [1.807, 2.05) is 0 Å². The Morgan fingerprint density at radius 3 is 2.80 bits per heavy atom. The van der Waals surface area contributed by atoms with Gasteiger partial charge >= 0.3 is 0 Å². The maximum atomic E-state index is 14.6. The highest BCUT2D eigenvalue weighted by Crippen LogP contribution is 2.36. The van der Waals surface area contributed by atoms with Crippen LogP contribution in [0.15, 0.2) is 18.2 Å². The van der Waals surface area contributed by atoms with Crippen molar-refractivity contribution in [3.63, 3.8) is 0 Å². The van der Waals surface area contributed by atoms with Gasteiger partial charge < -0.3 is 15.2 Å². The third-order valence-corrected chi connectivity index (χ3v) is 3.89. The average molecular weight is 383 g/mol. The van der Waals surface area contributed by atoms with E-state index in [0.717, 1.165) is 0 Å². The number of nitrogens with two attached hydrogens (primary N) is 1. The van der Waals surface area contributed by atoms with Gasteiger partial charge in [-0.25, -0.2) is 9.37 Å². The van der Waals surface area contributed by atoms with E-state index < -0.39 is 11.6 Å². The van der Waals surface area contributed by atoms with Gasteiger partial charge in [-0.3, -0.25) is 4.79 Å². The van der Waals surface area contributed by atoms with Crippen LogP contribution in [0, 0.1) is 18.2 Å². The summed E-state index contributed by atoms with van der Waals surface area (Å²) in [5, 5.41) is 0.0593. The summed E-state index contributed by atoms with van der Waals surface area (Å²) in [7, 11) is 1.29. The molecule has 0 saturated carbocycles. The molecule has 2 rings (SSSR count). The third-order valence-electron chi connectivity index (χ3n) is 3.20. The smallest absolute Gasteiger partial charge is 0.208 e. The van der Waals surface area contributed by atoms with Crippen LogP contribution >= 0.6 is 23.2 Å². The Hall–Kier alpha value is -2.33. The first-order valence-corrected chi connectivity index (χ1v) is 7.69. The minimum Gasteiger partial charge on any atom is -0.492 e. The lowest BCUT2D eigenvalue weighted by Crippen LogP contribution is -2.13. The molecule has 2 N–H and O–H groups in total. The Morgan fingerprint density at radius 1 is 1.44 bits per heavy atom. The molecule has 0 amide bonds. The van der Waals surface area contributed by atoms with Crippen molar-refractivity contribution >= 4 is 34.7 Å². The number of carbonyl (C=O) groups excluding carboxylic acids is 1. The second-order valence-electron chi connectivity index (χ2n) is 4.82. The van der Waals surface area contributed by atoms with Gasteiger partial charge in [-0.2, -0.15) is 0 Å². The van der Waals surface area contributed by atoms with Crippen molar-refractivity contribution in [3.8, 4) is 29.4 Å². The molecule has 1 aromatic heterocycles. The summed E-state index contributed by atoms with van der Waals surface area (Å²) in [5.41, 5.74) is 5.92. The molecule has 25 heavy (non-hydrogen) atoms. The highest BCUT2D eigenvalue weighted by Gasteiger charge is 2.20. The predicted molar refractivity (Wildman–Crippen MR) is 94.6 cm³/mol. The molecule has 5 nitrogen and oxygen atoms in total. The molecular formula is C17H13Cl2FN2O3. The van der Waals surface area contributed by atoms with Crippen LogP contribution < -0.4 is 10.5 Å². The predicted octanol–water partition coefficient (Wildman–Crippen LogP) is 3.62. The molecule has 0 spiro atoms. The molecule has 1 aromatic carbocycles. The summed E-state index contributed by atoms with van der Waals surface area (Å²) in [6.07, 6.45) is 5.05. The first-order valence-electron chi connectivity index (χ1n) is 6.93. The molecule has 0 bridgehead atoms. The number of pyridine rings is 1. The summed E-state index contributed by atoms with van der Waals surface area (Å²) in [6.45, 7) is -0.367. The number of methoxy groups -OCH3 is 1. The zero-order valence-corrected chi connectivity index (χ0v) is 14.6. The lowest BCUT2D eigenvalue weighted by atomic mass is 10.1. The summed E-state index contributed by atoms with van der Waals surface area (Å²) >= 11 is 11.9. The average Bonchev–Trinajstić information content (AvgIpc) is 2.58. The minimum atomic E-state index is -0.730. The van der Waals surface area contributed by atoms with Crippen LogP contribution in [0.3, 0.4) is 0 Å². The lowest BCUT2D eigenvalue weighted by Gasteiger charge is -2.12. The number of anilines is 1. The van der Waals surface area contributed by atoms with E-state index in [4.69, 9.17) is 44.8 Å². The molecule has 2 aromatic rings. The summed E-state index contributed by atoms with van der Waals surface area (Å²) in [4.78, 5) is 16.3. The van der Waals surface area contributed by atoms with E-state index in [9.17, 15) is 9.18 Å². The molecule has 1 heterocycles. The Balaban J connectivity index is 2.51. The van der Waals surface area contributed by atoms with Crippen LogP contribution in [0.25, 0.3) is 11.3 Å². The van der Waals surface area contributed by atoms with Crippen LogP contribution in [0.4, 0.5) is 10.1 Å². The third kappa shape index (κ3) is 4.02. The molecule has 0 saturated heterocycles. The largest absolute Gasteiger partial charge is 0.492 e. The Kier molecular flexibility index (Phi) is 6.21. The number of hydrogen-bond acceptors (Lipinski definition) is 5. The second-order valence-corrected chi connectivity index (χ2v) is 5.61. The maximum absolute atomic E-state index is 14.6. The van der Waals surface area contributed by atoms with Gasteiger partial charge in [0.25, 0.3) is 0 Å². The number of nitrogen functional groups attached to an aromatic ring is 1. The van der Waals surface area contributed by atoms with Crippen molar-refractivity contribution < 1.29 is 18.7 Å². The van der Waals surface area contributed by atoms with Crippen molar-refractivity contribution in [3.05, 3.63) is 39.8 Å². The van der Waals surface area contributed by atoms with E-state index in [0.29, 0.717) is 0 Å². The molecule has 0 unspecified atom stereocenters. The highest BCUT2D eigenvalue weighted by molar-refractivity contribution is 6.36. The van der Waals surface area contributed by atoms with E-state index in [-0.39, 0.29) is 51.6 Å². The van der Waals surface area contributed by atoms with Gasteiger partial charge in [-0.05, 0) is 18.2 Å². The van der Waals surface area contributed by atoms with Crippen LogP contribution in [-0.4, -0.2) is 31.1 Å². The standard InChI is InChI=1S/C17H13Cl2FN2O3/c1-3-6-25-8-13(23)16-14(19)11(21)7-12(22-16)9-4-5-10(18)17(24-2)15(9)20/h1,4-5,7H,6,8H2,2H3,(H2,21,22). The summed E-state index contributed by atoms with van der Waals surface area (Å²) < 4.78 is 24.5. The van der Waals surface area contributed by atoms with Gasteiger partial charge in [0.15, 0.2) is 11.6 Å². The van der Waals surface area contributed by atoms with Gasteiger partial charge in [0, 0.05) is 5.56 Å². The Bertz CT molecular complexity index is 866. The van der Waals surface area contributed by atoms with Gasteiger partial charge in [-0.15, -0.1) is 6.42 Å². The zero-order valence-electron chi connectivity index (χ0n) is 13.1. The Labute approximate surface area is 153 Å². The number of ether oxygens (including phenoxy) is 2. The summed E-state index contributed by atoms with van der Waals surface area (Å²) in [5.74, 6) is 0.833. The molecule has 0 aliphatic carbocycles. The van der Waals surface area contributed by atoms with Gasteiger partial charge in [0.05, 0.1) is 28.5 Å². The zero-order chi connectivity index (χ0) is 18.6. The van der Waals surface area contributed by atoms with E-state index in [1.165, 1.54) is 25.3 Å². The number of terminal acetylenes is 1. The quantitative estimate of drug-likeness (QED) is 0.469. The number of rotatable bonds is 6. The number of benzene rings is 1. The van der Waals surface area contributed by atoms with Crippen LogP contribution in [0.1, 0.15) is 10.5 Å². The van der Waals surface area contributed by atoms with Crippen molar-refractivity contribution in [2.24, 2.45) is 0 Å². The molecular weight excluding hydrogens is 370 g/mol. The molecule has 0 fully saturated rings. The highest BCUT2D eigenvalue weighted by atomic mass is 35.5. The van der Waals surface area contributed by atoms with Crippen molar-refractivity contribution in [1.29, 1.82) is 0 Å². The molecule has 0 radical (unpaired) electrons. The minimum absolute atomic E-state index is 0.0401. The number of carbonyl (C=O) groups is 1.